The van der Waals surface area contributed by atoms with Gasteiger partial charge in [-0.05, 0) is 35.7 Å². The molecule has 20 heavy (non-hydrogen) atoms. The number of hydrogen-bond acceptors (Lipinski definition) is 5. The number of nitrogens with zero attached hydrogens (tertiary/aromatic N) is 2. The summed E-state index contributed by atoms with van der Waals surface area (Å²) in [4.78, 5) is 11.7. The second kappa shape index (κ2) is 6.37. The molecule has 0 radical (unpaired) electrons. The van der Waals surface area contributed by atoms with Gasteiger partial charge >= 0.3 is 0 Å². The van der Waals surface area contributed by atoms with Gasteiger partial charge in [0.2, 0.25) is 0 Å². The minimum absolute atomic E-state index is 0.158. The maximum Gasteiger partial charge on any atom is 0.262 e. The molecular weight excluding hydrogens is 274 g/mol. The van der Waals surface area contributed by atoms with Crippen molar-refractivity contribution in [3.63, 3.8) is 0 Å². The van der Waals surface area contributed by atoms with E-state index in [4.69, 9.17) is 15.3 Å². The molecule has 0 atom stereocenters. The molecule has 1 N–H and O–H groups in total. The van der Waals surface area contributed by atoms with Gasteiger partial charge in [0, 0.05) is 0 Å². The Bertz CT molecular complexity index is 692. The van der Waals surface area contributed by atoms with Crippen LogP contribution in [-0.4, -0.2) is 12.5 Å². The maximum atomic E-state index is 11.7. The molecule has 0 saturated heterocycles. The van der Waals surface area contributed by atoms with Gasteiger partial charge in [0.25, 0.3) is 5.91 Å². The van der Waals surface area contributed by atoms with E-state index in [0.717, 1.165) is 0 Å². The van der Waals surface area contributed by atoms with E-state index in [0.29, 0.717) is 21.9 Å². The van der Waals surface area contributed by atoms with Gasteiger partial charge in [0.15, 0.2) is 6.61 Å². The Balaban J connectivity index is 1.89. The van der Waals surface area contributed by atoms with Crippen LogP contribution in [-0.2, 0) is 4.79 Å². The average Bonchev–Trinajstić information content (AvgIpc) is 2.92. The molecule has 1 heterocycles. The molecule has 1 aromatic carbocycles. The monoisotopic (exact) mass is 283 g/mol. The summed E-state index contributed by atoms with van der Waals surface area (Å²) in [7, 11) is 0. The summed E-state index contributed by atoms with van der Waals surface area (Å²) in [6, 6.07) is 12.1. The van der Waals surface area contributed by atoms with Crippen LogP contribution in [0.3, 0.4) is 0 Å². The normalized spacial score (nSPS) is 9.30. The van der Waals surface area contributed by atoms with Gasteiger partial charge in [-0.15, -0.1) is 11.3 Å². The predicted molar refractivity (Wildman–Crippen MR) is 74.3 cm³/mol. The highest BCUT2D eigenvalue weighted by atomic mass is 32.1. The van der Waals surface area contributed by atoms with Gasteiger partial charge < -0.3 is 10.1 Å². The van der Waals surface area contributed by atoms with Crippen LogP contribution in [0.2, 0.25) is 0 Å². The lowest BCUT2D eigenvalue weighted by Gasteiger charge is -2.06. The number of amides is 1. The van der Waals surface area contributed by atoms with E-state index in [1.807, 2.05) is 12.1 Å². The fraction of sp³-hybridized carbons (Fsp3) is 0.0714. The molecule has 1 aromatic heterocycles. The summed E-state index contributed by atoms with van der Waals surface area (Å²) >= 11 is 1.28. The molecule has 0 bridgehead atoms. The number of hydrogen-bond donors (Lipinski definition) is 1. The van der Waals surface area contributed by atoms with Gasteiger partial charge in [-0.1, -0.05) is 0 Å². The second-order valence-electron chi connectivity index (χ2n) is 3.75. The molecule has 6 heteroatoms. The lowest BCUT2D eigenvalue weighted by Crippen LogP contribution is -2.19. The number of carbonyl (C=O) groups is 1. The number of nitriles is 2. The van der Waals surface area contributed by atoms with Crippen molar-refractivity contribution in [2.75, 3.05) is 11.9 Å². The Morgan fingerprint density at radius 2 is 1.95 bits per heavy atom. The Morgan fingerprint density at radius 3 is 2.60 bits per heavy atom. The first-order chi connectivity index (χ1) is 9.72. The Labute approximate surface area is 119 Å². The summed E-state index contributed by atoms with van der Waals surface area (Å²) < 4.78 is 5.29. The maximum absolute atomic E-state index is 11.7. The van der Waals surface area contributed by atoms with Gasteiger partial charge in [0.05, 0.1) is 17.2 Å². The predicted octanol–water partition coefficient (Wildman–Crippen LogP) is 2.51. The SMILES string of the molecule is N#Cc1ccc(OCC(=O)Nc2sccc2C#N)cc1. The summed E-state index contributed by atoms with van der Waals surface area (Å²) in [6.45, 7) is -0.158. The molecule has 0 spiro atoms. The first kappa shape index (κ1) is 13.6. The number of rotatable bonds is 4. The zero-order valence-corrected chi connectivity index (χ0v) is 11.1. The van der Waals surface area contributed by atoms with Gasteiger partial charge in [0.1, 0.15) is 16.8 Å². The van der Waals surface area contributed by atoms with Crippen molar-refractivity contribution < 1.29 is 9.53 Å². The third kappa shape index (κ3) is 3.35. The van der Waals surface area contributed by atoms with Crippen molar-refractivity contribution in [1.29, 1.82) is 10.5 Å². The van der Waals surface area contributed by atoms with Crippen LogP contribution in [0, 0.1) is 22.7 Å². The Kier molecular flexibility index (Phi) is 4.33. The molecule has 2 aromatic rings. The van der Waals surface area contributed by atoms with Crippen molar-refractivity contribution in [3.05, 3.63) is 46.8 Å². The zero-order valence-electron chi connectivity index (χ0n) is 10.3. The summed E-state index contributed by atoms with van der Waals surface area (Å²) in [5.41, 5.74) is 0.959. The molecule has 5 nitrogen and oxygen atoms in total. The number of ether oxygens (including phenoxy) is 1. The van der Waals surface area contributed by atoms with Crippen LogP contribution >= 0.6 is 11.3 Å². The summed E-state index contributed by atoms with van der Waals surface area (Å²) in [5, 5.41) is 22.3. The molecule has 0 fully saturated rings. The Hall–Kier alpha value is -2.83. The summed E-state index contributed by atoms with van der Waals surface area (Å²) in [5.74, 6) is 0.166. The van der Waals surface area contributed by atoms with Crippen LogP contribution in [0.15, 0.2) is 35.7 Å². The van der Waals surface area contributed by atoms with E-state index in [1.165, 1.54) is 11.3 Å². The van der Waals surface area contributed by atoms with Crippen LogP contribution < -0.4 is 10.1 Å². The minimum Gasteiger partial charge on any atom is -0.484 e. The lowest BCUT2D eigenvalue weighted by atomic mass is 10.2. The van der Waals surface area contributed by atoms with E-state index in [1.54, 1.807) is 35.7 Å². The molecular formula is C14H9N3O2S. The molecule has 0 aliphatic carbocycles. The third-order valence-electron chi connectivity index (χ3n) is 2.39. The molecule has 0 aliphatic heterocycles. The highest BCUT2D eigenvalue weighted by molar-refractivity contribution is 7.14. The smallest absolute Gasteiger partial charge is 0.262 e. The first-order valence-electron chi connectivity index (χ1n) is 5.63. The van der Waals surface area contributed by atoms with Crippen LogP contribution in [0.5, 0.6) is 5.75 Å². The van der Waals surface area contributed by atoms with Crippen LogP contribution in [0.25, 0.3) is 0 Å². The van der Waals surface area contributed by atoms with Crippen molar-refractivity contribution in [3.8, 4) is 17.9 Å². The first-order valence-corrected chi connectivity index (χ1v) is 6.51. The van der Waals surface area contributed by atoms with E-state index < -0.39 is 0 Å². The fourth-order valence-electron chi connectivity index (χ4n) is 1.43. The van der Waals surface area contributed by atoms with E-state index in [9.17, 15) is 4.79 Å². The van der Waals surface area contributed by atoms with Crippen molar-refractivity contribution in [1.82, 2.24) is 0 Å². The highest BCUT2D eigenvalue weighted by Gasteiger charge is 2.08. The van der Waals surface area contributed by atoms with E-state index in [2.05, 4.69) is 5.32 Å². The number of carbonyl (C=O) groups excluding carboxylic acids is 1. The molecule has 0 saturated carbocycles. The van der Waals surface area contributed by atoms with E-state index >= 15 is 0 Å². The molecule has 2 rings (SSSR count). The zero-order chi connectivity index (χ0) is 14.4. The van der Waals surface area contributed by atoms with Crippen LogP contribution in [0.4, 0.5) is 5.00 Å². The average molecular weight is 283 g/mol. The quantitative estimate of drug-likeness (QED) is 0.934. The van der Waals surface area contributed by atoms with Crippen molar-refractivity contribution in [2.45, 2.75) is 0 Å². The van der Waals surface area contributed by atoms with Gasteiger partial charge in [-0.2, -0.15) is 10.5 Å². The second-order valence-corrected chi connectivity index (χ2v) is 4.66. The number of anilines is 1. The van der Waals surface area contributed by atoms with Crippen molar-refractivity contribution >= 4 is 22.2 Å². The summed E-state index contributed by atoms with van der Waals surface area (Å²) in [6.07, 6.45) is 0. The topological polar surface area (TPSA) is 85.9 Å². The van der Waals surface area contributed by atoms with Crippen molar-refractivity contribution in [2.24, 2.45) is 0 Å². The third-order valence-corrected chi connectivity index (χ3v) is 3.22. The number of benzene rings is 1. The number of thiophene rings is 1. The molecule has 0 aliphatic rings. The molecule has 0 unspecified atom stereocenters. The molecule has 98 valence electrons. The highest BCUT2D eigenvalue weighted by Crippen LogP contribution is 2.22. The largest absolute Gasteiger partial charge is 0.484 e. The van der Waals surface area contributed by atoms with Gasteiger partial charge in [-0.3, -0.25) is 4.79 Å². The van der Waals surface area contributed by atoms with E-state index in [-0.39, 0.29) is 12.5 Å². The standard InChI is InChI=1S/C14H9N3O2S/c15-7-10-1-3-12(4-2-10)19-9-13(18)17-14-11(8-16)5-6-20-14/h1-6H,9H2,(H,17,18). The molecule has 1 amide bonds. The fourth-order valence-corrected chi connectivity index (χ4v) is 2.19. The van der Waals surface area contributed by atoms with Gasteiger partial charge in [-0.25, -0.2) is 0 Å². The Morgan fingerprint density at radius 1 is 1.20 bits per heavy atom. The minimum atomic E-state index is -0.340. The van der Waals surface area contributed by atoms with Crippen LogP contribution in [0.1, 0.15) is 11.1 Å². The lowest BCUT2D eigenvalue weighted by molar-refractivity contribution is -0.118. The number of nitrogens with one attached hydrogen (secondary N) is 1.